The molecule has 19 heavy (non-hydrogen) atoms. The van der Waals surface area contributed by atoms with Gasteiger partial charge in [-0.15, -0.1) is 0 Å². The van der Waals surface area contributed by atoms with Crippen molar-refractivity contribution in [3.05, 3.63) is 0 Å². The summed E-state index contributed by atoms with van der Waals surface area (Å²) in [5.74, 6) is 0.894. The van der Waals surface area contributed by atoms with Crippen LogP contribution >= 0.6 is 0 Å². The van der Waals surface area contributed by atoms with Crippen molar-refractivity contribution in [2.24, 2.45) is 5.92 Å². The highest BCUT2D eigenvalue weighted by Crippen LogP contribution is 2.21. The predicted octanol–water partition coefficient (Wildman–Crippen LogP) is 2.18. The molecule has 0 aromatic heterocycles. The molecule has 112 valence electrons. The van der Waals surface area contributed by atoms with Gasteiger partial charge in [-0.1, -0.05) is 13.3 Å². The molecule has 3 unspecified atom stereocenters. The molecule has 0 radical (unpaired) electrons. The third-order valence-electron chi connectivity index (χ3n) is 4.96. The molecule has 0 bridgehead atoms. The van der Waals surface area contributed by atoms with Crippen molar-refractivity contribution >= 4 is 0 Å². The van der Waals surface area contributed by atoms with Crippen LogP contribution in [0.3, 0.4) is 0 Å². The topological polar surface area (TPSA) is 18.5 Å². The summed E-state index contributed by atoms with van der Waals surface area (Å²) in [4.78, 5) is 5.38. The summed E-state index contributed by atoms with van der Waals surface area (Å²) in [5, 5.41) is 3.70. The Labute approximate surface area is 119 Å². The van der Waals surface area contributed by atoms with Gasteiger partial charge in [-0.25, -0.2) is 0 Å². The first-order valence-electron chi connectivity index (χ1n) is 8.31. The van der Waals surface area contributed by atoms with Crippen LogP contribution in [0.15, 0.2) is 0 Å². The van der Waals surface area contributed by atoms with E-state index in [1.54, 1.807) is 0 Å². The molecule has 0 aliphatic carbocycles. The van der Waals surface area contributed by atoms with Gasteiger partial charge in [-0.2, -0.15) is 0 Å². The molecule has 2 rings (SSSR count). The Kier molecular flexibility index (Phi) is 5.67. The van der Waals surface area contributed by atoms with E-state index >= 15 is 0 Å². The summed E-state index contributed by atoms with van der Waals surface area (Å²) in [6.45, 7) is 15.7. The molecule has 0 aromatic carbocycles. The lowest BCUT2D eigenvalue weighted by Crippen LogP contribution is -2.56. The van der Waals surface area contributed by atoms with Crippen molar-refractivity contribution in [2.75, 3.05) is 32.7 Å². The summed E-state index contributed by atoms with van der Waals surface area (Å²) in [6.07, 6.45) is 4.02. The summed E-state index contributed by atoms with van der Waals surface area (Å²) in [7, 11) is 0. The highest BCUT2D eigenvalue weighted by Gasteiger charge is 2.30. The van der Waals surface area contributed by atoms with Crippen molar-refractivity contribution in [3.8, 4) is 0 Å². The van der Waals surface area contributed by atoms with E-state index < -0.39 is 0 Å². The Balaban J connectivity index is 1.80. The quantitative estimate of drug-likeness (QED) is 0.824. The molecule has 2 heterocycles. The maximum Gasteiger partial charge on any atom is 0.0195 e. The zero-order chi connectivity index (χ0) is 13.8. The van der Waals surface area contributed by atoms with Crippen molar-refractivity contribution in [2.45, 2.75) is 65.1 Å². The summed E-state index contributed by atoms with van der Waals surface area (Å²) in [6, 6.07) is 2.16. The van der Waals surface area contributed by atoms with Gasteiger partial charge in [0.2, 0.25) is 0 Å². The Morgan fingerprint density at radius 1 is 1.26 bits per heavy atom. The monoisotopic (exact) mass is 267 g/mol. The standard InChI is InChI=1S/C16H33N3/c1-5-6-16-12-19(14(4)9-17-16)11-15-7-8-18(10-15)13(2)3/h13-17H,5-12H2,1-4H3. The first kappa shape index (κ1) is 15.3. The molecule has 2 aliphatic rings. The number of likely N-dealkylation sites (tertiary alicyclic amines) is 1. The number of hydrogen-bond acceptors (Lipinski definition) is 3. The molecule has 1 N–H and O–H groups in total. The number of nitrogens with zero attached hydrogens (tertiary/aromatic N) is 2. The predicted molar refractivity (Wildman–Crippen MR) is 82.5 cm³/mol. The number of rotatable bonds is 5. The summed E-state index contributed by atoms with van der Waals surface area (Å²) in [5.41, 5.74) is 0. The summed E-state index contributed by atoms with van der Waals surface area (Å²) < 4.78 is 0. The second-order valence-electron chi connectivity index (χ2n) is 6.94. The van der Waals surface area contributed by atoms with E-state index in [4.69, 9.17) is 0 Å². The van der Waals surface area contributed by atoms with Crippen molar-refractivity contribution in [1.82, 2.24) is 15.1 Å². The van der Waals surface area contributed by atoms with E-state index in [1.807, 2.05) is 0 Å². The van der Waals surface area contributed by atoms with Crippen LogP contribution in [0.1, 0.15) is 47.0 Å². The SMILES string of the molecule is CCCC1CN(CC2CCN(C(C)C)C2)C(C)CN1. The minimum absolute atomic E-state index is 0.709. The van der Waals surface area contributed by atoms with Gasteiger partial charge in [0.25, 0.3) is 0 Å². The van der Waals surface area contributed by atoms with Gasteiger partial charge in [-0.05, 0) is 46.1 Å². The third-order valence-corrected chi connectivity index (χ3v) is 4.96. The van der Waals surface area contributed by atoms with E-state index in [1.165, 1.54) is 52.0 Å². The lowest BCUT2D eigenvalue weighted by Gasteiger charge is -2.40. The highest BCUT2D eigenvalue weighted by molar-refractivity contribution is 4.87. The van der Waals surface area contributed by atoms with E-state index in [0.717, 1.165) is 18.0 Å². The van der Waals surface area contributed by atoms with Gasteiger partial charge in [0.05, 0.1) is 0 Å². The van der Waals surface area contributed by atoms with Crippen LogP contribution in [-0.4, -0.2) is 60.6 Å². The fourth-order valence-corrected chi connectivity index (χ4v) is 3.60. The smallest absolute Gasteiger partial charge is 0.0195 e. The lowest BCUT2D eigenvalue weighted by atomic mass is 10.0. The van der Waals surface area contributed by atoms with Gasteiger partial charge in [0, 0.05) is 44.3 Å². The molecular weight excluding hydrogens is 234 g/mol. The molecule has 0 amide bonds. The molecule has 2 fully saturated rings. The van der Waals surface area contributed by atoms with Crippen LogP contribution in [0.4, 0.5) is 0 Å². The highest BCUT2D eigenvalue weighted by atomic mass is 15.2. The fourth-order valence-electron chi connectivity index (χ4n) is 3.60. The fraction of sp³-hybridized carbons (Fsp3) is 1.00. The second-order valence-corrected chi connectivity index (χ2v) is 6.94. The van der Waals surface area contributed by atoms with E-state index in [2.05, 4.69) is 42.8 Å². The molecule has 3 atom stereocenters. The second kappa shape index (κ2) is 7.05. The molecule has 0 aromatic rings. The van der Waals surface area contributed by atoms with E-state index in [9.17, 15) is 0 Å². The van der Waals surface area contributed by atoms with Gasteiger partial charge in [0.1, 0.15) is 0 Å². The molecule has 3 heteroatoms. The van der Waals surface area contributed by atoms with Crippen molar-refractivity contribution in [1.29, 1.82) is 0 Å². The van der Waals surface area contributed by atoms with Gasteiger partial charge in [-0.3, -0.25) is 4.90 Å². The van der Waals surface area contributed by atoms with Crippen LogP contribution in [-0.2, 0) is 0 Å². The number of piperazine rings is 1. The largest absolute Gasteiger partial charge is 0.311 e. The third kappa shape index (κ3) is 4.17. The van der Waals surface area contributed by atoms with E-state index in [0.29, 0.717) is 6.04 Å². The zero-order valence-electron chi connectivity index (χ0n) is 13.4. The van der Waals surface area contributed by atoms with Gasteiger partial charge < -0.3 is 10.2 Å². The Morgan fingerprint density at radius 3 is 2.68 bits per heavy atom. The molecular formula is C16H33N3. The van der Waals surface area contributed by atoms with Crippen LogP contribution < -0.4 is 5.32 Å². The van der Waals surface area contributed by atoms with Crippen molar-refractivity contribution < 1.29 is 0 Å². The Hall–Kier alpha value is -0.120. The maximum atomic E-state index is 3.70. The normalized spacial score (nSPS) is 34.3. The molecule has 3 nitrogen and oxygen atoms in total. The first-order chi connectivity index (χ1) is 9.10. The first-order valence-corrected chi connectivity index (χ1v) is 8.31. The average molecular weight is 267 g/mol. The molecule has 0 spiro atoms. The summed E-state index contributed by atoms with van der Waals surface area (Å²) >= 11 is 0. The number of hydrogen-bond donors (Lipinski definition) is 1. The maximum absolute atomic E-state index is 3.70. The minimum atomic E-state index is 0.709. The number of nitrogens with one attached hydrogen (secondary N) is 1. The lowest BCUT2D eigenvalue weighted by molar-refractivity contribution is 0.115. The Morgan fingerprint density at radius 2 is 2.05 bits per heavy atom. The molecule has 2 aliphatic heterocycles. The average Bonchev–Trinajstić information content (AvgIpc) is 2.82. The molecule has 2 saturated heterocycles. The Bertz CT molecular complexity index is 267. The van der Waals surface area contributed by atoms with Crippen LogP contribution in [0.25, 0.3) is 0 Å². The molecule has 0 saturated carbocycles. The van der Waals surface area contributed by atoms with Gasteiger partial charge in [0.15, 0.2) is 0 Å². The van der Waals surface area contributed by atoms with Crippen LogP contribution in [0, 0.1) is 5.92 Å². The van der Waals surface area contributed by atoms with Crippen molar-refractivity contribution in [3.63, 3.8) is 0 Å². The van der Waals surface area contributed by atoms with Crippen LogP contribution in [0.2, 0.25) is 0 Å². The van der Waals surface area contributed by atoms with Crippen LogP contribution in [0.5, 0.6) is 0 Å². The minimum Gasteiger partial charge on any atom is -0.311 e. The van der Waals surface area contributed by atoms with E-state index in [-0.39, 0.29) is 0 Å². The van der Waals surface area contributed by atoms with Gasteiger partial charge >= 0.3 is 0 Å². The zero-order valence-corrected chi connectivity index (χ0v) is 13.4.